The molecular weight excluding hydrogens is 335 g/mol. The number of nitrogens with zero attached hydrogens (tertiary/aromatic N) is 3. The maximum absolute atomic E-state index is 13.7. The van der Waals surface area contributed by atoms with E-state index >= 15 is 0 Å². The van der Waals surface area contributed by atoms with Gasteiger partial charge in [-0.25, -0.2) is 9.37 Å². The lowest BCUT2D eigenvalue weighted by molar-refractivity contribution is 0.0745. The highest BCUT2D eigenvalue weighted by Gasteiger charge is 2.25. The Balaban J connectivity index is 1.71. The van der Waals surface area contributed by atoms with E-state index in [2.05, 4.69) is 10.3 Å². The molecule has 1 fully saturated rings. The van der Waals surface area contributed by atoms with Gasteiger partial charge >= 0.3 is 0 Å². The summed E-state index contributed by atoms with van der Waals surface area (Å²) >= 11 is 0. The van der Waals surface area contributed by atoms with E-state index in [0.29, 0.717) is 48.7 Å². The molecule has 2 amide bonds. The molecule has 0 unspecified atom stereocenters. The van der Waals surface area contributed by atoms with E-state index in [0.717, 1.165) is 0 Å². The number of anilines is 1. The van der Waals surface area contributed by atoms with Gasteiger partial charge in [-0.15, -0.1) is 0 Å². The summed E-state index contributed by atoms with van der Waals surface area (Å²) in [5.74, 6) is -0.142. The van der Waals surface area contributed by atoms with E-state index in [4.69, 9.17) is 0 Å². The predicted molar refractivity (Wildman–Crippen MR) is 96.9 cm³/mol. The number of piperazine rings is 1. The van der Waals surface area contributed by atoms with Crippen LogP contribution < -0.4 is 10.2 Å². The van der Waals surface area contributed by atoms with Crippen molar-refractivity contribution in [3.05, 3.63) is 59.0 Å². The fraction of sp³-hybridized carbons (Fsp3) is 0.316. The van der Waals surface area contributed by atoms with Gasteiger partial charge in [-0.2, -0.15) is 0 Å². The lowest BCUT2D eigenvalue weighted by Gasteiger charge is -2.36. The van der Waals surface area contributed by atoms with Crippen LogP contribution in [0.3, 0.4) is 0 Å². The van der Waals surface area contributed by atoms with Crippen molar-refractivity contribution in [2.24, 2.45) is 0 Å². The number of carbonyl (C=O) groups excluding carboxylic acids is 2. The minimum absolute atomic E-state index is 0.184. The fourth-order valence-corrected chi connectivity index (χ4v) is 2.99. The van der Waals surface area contributed by atoms with Crippen LogP contribution in [0, 0.1) is 12.7 Å². The second-order valence-corrected chi connectivity index (χ2v) is 6.20. The van der Waals surface area contributed by atoms with Gasteiger partial charge in [0, 0.05) is 45.0 Å². The molecule has 1 saturated heterocycles. The van der Waals surface area contributed by atoms with E-state index in [-0.39, 0.29) is 17.6 Å². The maximum Gasteiger partial charge on any atom is 0.254 e. The highest BCUT2D eigenvalue weighted by molar-refractivity contribution is 5.99. The number of nitrogens with one attached hydrogen (secondary N) is 1. The summed E-state index contributed by atoms with van der Waals surface area (Å²) < 4.78 is 13.7. The average molecular weight is 356 g/mol. The van der Waals surface area contributed by atoms with Gasteiger partial charge in [-0.05, 0) is 36.8 Å². The third kappa shape index (κ3) is 3.51. The number of hydrogen-bond acceptors (Lipinski definition) is 4. The third-order valence-corrected chi connectivity index (χ3v) is 4.54. The van der Waals surface area contributed by atoms with Crippen LogP contribution in [0.1, 0.15) is 26.3 Å². The Labute approximate surface area is 151 Å². The summed E-state index contributed by atoms with van der Waals surface area (Å²) in [6, 6.07) is 8.00. The quantitative estimate of drug-likeness (QED) is 0.912. The average Bonchev–Trinajstić information content (AvgIpc) is 2.69. The molecule has 1 aromatic carbocycles. The van der Waals surface area contributed by atoms with Gasteiger partial charge in [0.2, 0.25) is 0 Å². The number of rotatable bonds is 3. The molecule has 1 aromatic heterocycles. The van der Waals surface area contributed by atoms with Crippen molar-refractivity contribution >= 4 is 17.6 Å². The van der Waals surface area contributed by atoms with Crippen molar-refractivity contribution in [1.29, 1.82) is 0 Å². The van der Waals surface area contributed by atoms with Crippen molar-refractivity contribution in [1.82, 2.24) is 15.2 Å². The second-order valence-electron chi connectivity index (χ2n) is 6.20. The number of carbonyl (C=O) groups is 2. The van der Waals surface area contributed by atoms with Gasteiger partial charge in [0.15, 0.2) is 0 Å². The normalized spacial score (nSPS) is 14.3. The maximum atomic E-state index is 13.7. The van der Waals surface area contributed by atoms with E-state index in [1.54, 1.807) is 49.3 Å². The summed E-state index contributed by atoms with van der Waals surface area (Å²) in [4.78, 5) is 32.6. The largest absolute Gasteiger partial charge is 0.355 e. The lowest BCUT2D eigenvalue weighted by atomic mass is 10.1. The van der Waals surface area contributed by atoms with Crippen molar-refractivity contribution in [2.75, 3.05) is 38.1 Å². The molecule has 6 nitrogen and oxygen atoms in total. The zero-order valence-electron chi connectivity index (χ0n) is 14.8. The zero-order valence-corrected chi connectivity index (χ0v) is 14.8. The van der Waals surface area contributed by atoms with Crippen LogP contribution in [-0.4, -0.2) is 54.9 Å². The molecule has 0 saturated carbocycles. The highest BCUT2D eigenvalue weighted by atomic mass is 19.1. The number of amides is 2. The number of aromatic nitrogens is 1. The molecule has 1 N–H and O–H groups in total. The Hall–Kier alpha value is -2.96. The molecule has 0 spiro atoms. The van der Waals surface area contributed by atoms with Crippen molar-refractivity contribution in [3.63, 3.8) is 0 Å². The lowest BCUT2D eigenvalue weighted by Crippen LogP contribution is -2.49. The summed E-state index contributed by atoms with van der Waals surface area (Å²) in [5, 5.41) is 2.61. The molecule has 1 aliphatic rings. The van der Waals surface area contributed by atoms with Gasteiger partial charge in [-0.3, -0.25) is 9.59 Å². The molecule has 0 radical (unpaired) electrons. The fourth-order valence-electron chi connectivity index (χ4n) is 2.99. The number of halogens is 1. The summed E-state index contributed by atoms with van der Waals surface area (Å²) in [6.45, 7) is 3.75. The van der Waals surface area contributed by atoms with E-state index in [9.17, 15) is 14.0 Å². The van der Waals surface area contributed by atoms with Gasteiger partial charge in [0.25, 0.3) is 11.8 Å². The molecule has 2 heterocycles. The first-order valence-corrected chi connectivity index (χ1v) is 8.48. The van der Waals surface area contributed by atoms with Crippen LogP contribution in [0.4, 0.5) is 10.2 Å². The first kappa shape index (κ1) is 17.8. The minimum Gasteiger partial charge on any atom is -0.355 e. The third-order valence-electron chi connectivity index (χ3n) is 4.54. The SMILES string of the molecule is CNC(=O)c1cccnc1N1CCN(C(=O)c2ccc(C)c(F)c2)CC1. The van der Waals surface area contributed by atoms with Crippen molar-refractivity contribution < 1.29 is 14.0 Å². The van der Waals surface area contributed by atoms with Gasteiger partial charge in [0.1, 0.15) is 11.6 Å². The number of hydrogen-bond donors (Lipinski definition) is 1. The molecule has 0 atom stereocenters. The van der Waals surface area contributed by atoms with Gasteiger partial charge < -0.3 is 15.1 Å². The molecule has 0 aliphatic carbocycles. The Kier molecular flexibility index (Phi) is 5.16. The standard InChI is InChI=1S/C19H21FN4O2/c1-13-5-6-14(12-16(13)20)19(26)24-10-8-23(9-11-24)17-15(18(25)21-2)4-3-7-22-17/h3-7,12H,8-11H2,1-2H3,(H,21,25). The number of pyridine rings is 1. The van der Waals surface area contributed by atoms with Crippen molar-refractivity contribution in [2.45, 2.75) is 6.92 Å². The Morgan fingerprint density at radius 3 is 2.54 bits per heavy atom. The summed E-state index contributed by atoms with van der Waals surface area (Å²) in [7, 11) is 1.58. The molecule has 7 heteroatoms. The van der Waals surface area contributed by atoms with E-state index in [1.165, 1.54) is 6.07 Å². The first-order valence-electron chi connectivity index (χ1n) is 8.48. The molecule has 3 rings (SSSR count). The minimum atomic E-state index is -0.377. The highest BCUT2D eigenvalue weighted by Crippen LogP contribution is 2.20. The van der Waals surface area contributed by atoms with Crippen LogP contribution in [0.25, 0.3) is 0 Å². The Bertz CT molecular complexity index is 832. The Morgan fingerprint density at radius 1 is 1.15 bits per heavy atom. The zero-order chi connectivity index (χ0) is 18.7. The molecule has 2 aromatic rings. The van der Waals surface area contributed by atoms with Gasteiger partial charge in [-0.1, -0.05) is 6.07 Å². The molecule has 0 bridgehead atoms. The van der Waals surface area contributed by atoms with Gasteiger partial charge in [0.05, 0.1) is 5.56 Å². The Morgan fingerprint density at radius 2 is 1.88 bits per heavy atom. The van der Waals surface area contributed by atoms with Crippen LogP contribution in [0.2, 0.25) is 0 Å². The molecular formula is C19H21FN4O2. The molecule has 1 aliphatic heterocycles. The molecule has 26 heavy (non-hydrogen) atoms. The smallest absolute Gasteiger partial charge is 0.254 e. The summed E-state index contributed by atoms with van der Waals surface area (Å²) in [5.41, 5.74) is 1.38. The van der Waals surface area contributed by atoms with E-state index < -0.39 is 0 Å². The summed E-state index contributed by atoms with van der Waals surface area (Å²) in [6.07, 6.45) is 1.65. The van der Waals surface area contributed by atoms with Crippen LogP contribution in [0.5, 0.6) is 0 Å². The number of benzene rings is 1. The number of aryl methyl sites for hydroxylation is 1. The second kappa shape index (κ2) is 7.51. The van der Waals surface area contributed by atoms with Crippen LogP contribution in [0.15, 0.2) is 36.5 Å². The van der Waals surface area contributed by atoms with E-state index in [1.807, 2.05) is 4.90 Å². The first-order chi connectivity index (χ1) is 12.5. The van der Waals surface area contributed by atoms with Crippen LogP contribution >= 0.6 is 0 Å². The monoisotopic (exact) mass is 356 g/mol. The molecule has 136 valence electrons. The predicted octanol–water partition coefficient (Wildman–Crippen LogP) is 1.85. The van der Waals surface area contributed by atoms with Crippen LogP contribution in [-0.2, 0) is 0 Å². The van der Waals surface area contributed by atoms with Crippen molar-refractivity contribution in [3.8, 4) is 0 Å². The topological polar surface area (TPSA) is 65.5 Å².